The standard InChI is InChI=1S/C15H17ClN2O2S2/c1-15(2,20-12-6-4-10(16)5-7-12)13(19)18-14-17-11(8-21-3)9-22-14/h4-7,9H,8H2,1-3H3,(H,17,18,19). The summed E-state index contributed by atoms with van der Waals surface area (Å²) < 4.78 is 5.75. The van der Waals surface area contributed by atoms with Crippen molar-refractivity contribution >= 4 is 45.7 Å². The van der Waals surface area contributed by atoms with E-state index in [-0.39, 0.29) is 5.91 Å². The maximum Gasteiger partial charge on any atom is 0.269 e. The van der Waals surface area contributed by atoms with Crippen LogP contribution in [-0.4, -0.2) is 22.7 Å². The highest BCUT2D eigenvalue weighted by atomic mass is 35.5. The van der Waals surface area contributed by atoms with Crippen molar-refractivity contribution in [3.05, 3.63) is 40.4 Å². The van der Waals surface area contributed by atoms with Gasteiger partial charge in [0.15, 0.2) is 10.7 Å². The maximum atomic E-state index is 12.4. The van der Waals surface area contributed by atoms with E-state index in [0.717, 1.165) is 11.4 Å². The summed E-state index contributed by atoms with van der Waals surface area (Å²) in [5.74, 6) is 1.18. The fourth-order valence-electron chi connectivity index (χ4n) is 1.67. The van der Waals surface area contributed by atoms with Gasteiger partial charge in [-0.1, -0.05) is 11.6 Å². The van der Waals surface area contributed by atoms with Crippen LogP contribution in [0, 0.1) is 0 Å². The number of halogens is 1. The number of hydrogen-bond acceptors (Lipinski definition) is 5. The number of carbonyl (C=O) groups is 1. The molecule has 1 heterocycles. The van der Waals surface area contributed by atoms with Crippen molar-refractivity contribution in [2.45, 2.75) is 25.2 Å². The Hall–Kier alpha value is -1.24. The van der Waals surface area contributed by atoms with E-state index in [4.69, 9.17) is 16.3 Å². The first-order valence-corrected chi connectivity index (χ1v) is 9.25. The van der Waals surface area contributed by atoms with Gasteiger partial charge < -0.3 is 4.74 Å². The first kappa shape index (κ1) is 17.1. The minimum atomic E-state index is -1.01. The van der Waals surface area contributed by atoms with E-state index in [1.165, 1.54) is 11.3 Å². The first-order valence-electron chi connectivity index (χ1n) is 6.60. The Balaban J connectivity index is 2.01. The van der Waals surface area contributed by atoms with E-state index in [1.807, 2.05) is 11.6 Å². The van der Waals surface area contributed by atoms with Gasteiger partial charge in [-0.25, -0.2) is 4.98 Å². The zero-order valence-electron chi connectivity index (χ0n) is 12.6. The predicted octanol–water partition coefficient (Wildman–Crippen LogP) is 4.46. The second-order valence-corrected chi connectivity index (χ2v) is 7.26. The Kier molecular flexibility index (Phi) is 5.72. The highest BCUT2D eigenvalue weighted by Crippen LogP contribution is 2.23. The molecule has 22 heavy (non-hydrogen) atoms. The van der Waals surface area contributed by atoms with Crippen LogP contribution < -0.4 is 10.1 Å². The molecule has 0 saturated heterocycles. The molecule has 1 aromatic heterocycles. The van der Waals surface area contributed by atoms with Crippen molar-refractivity contribution in [3.63, 3.8) is 0 Å². The molecule has 0 aliphatic rings. The fourth-order valence-corrected chi connectivity index (χ4v) is 3.05. The number of nitrogens with one attached hydrogen (secondary N) is 1. The highest BCUT2D eigenvalue weighted by Gasteiger charge is 2.30. The molecule has 1 N–H and O–H groups in total. The quantitative estimate of drug-likeness (QED) is 0.830. The molecule has 2 aromatic rings. The summed E-state index contributed by atoms with van der Waals surface area (Å²) in [5.41, 5.74) is -0.0525. The number of thioether (sulfide) groups is 1. The van der Waals surface area contributed by atoms with Gasteiger partial charge in [-0.2, -0.15) is 11.8 Å². The molecule has 0 atom stereocenters. The van der Waals surface area contributed by atoms with E-state index >= 15 is 0 Å². The van der Waals surface area contributed by atoms with E-state index < -0.39 is 5.60 Å². The molecule has 1 aromatic carbocycles. The lowest BCUT2D eigenvalue weighted by Gasteiger charge is -2.24. The van der Waals surface area contributed by atoms with Gasteiger partial charge >= 0.3 is 0 Å². The molecule has 4 nitrogen and oxygen atoms in total. The number of carbonyl (C=O) groups excluding carboxylic acids is 1. The fraction of sp³-hybridized carbons (Fsp3) is 0.333. The Labute approximate surface area is 143 Å². The second kappa shape index (κ2) is 7.35. The monoisotopic (exact) mass is 356 g/mol. The summed E-state index contributed by atoms with van der Waals surface area (Å²) >= 11 is 8.94. The van der Waals surface area contributed by atoms with Crippen LogP contribution in [0.1, 0.15) is 19.5 Å². The molecule has 1 amide bonds. The number of nitrogens with zero attached hydrogens (tertiary/aromatic N) is 1. The molecule has 0 fully saturated rings. The third-order valence-electron chi connectivity index (χ3n) is 2.80. The van der Waals surface area contributed by atoms with Crippen LogP contribution in [0.2, 0.25) is 5.02 Å². The average molecular weight is 357 g/mol. The van der Waals surface area contributed by atoms with Gasteiger partial charge in [-0.3, -0.25) is 10.1 Å². The minimum absolute atomic E-state index is 0.243. The lowest BCUT2D eigenvalue weighted by atomic mass is 10.1. The third kappa shape index (κ3) is 4.63. The summed E-state index contributed by atoms with van der Waals surface area (Å²) in [5, 5.41) is 5.95. The number of amides is 1. The summed E-state index contributed by atoms with van der Waals surface area (Å²) in [7, 11) is 0. The van der Waals surface area contributed by atoms with Crippen LogP contribution >= 0.6 is 34.7 Å². The van der Waals surface area contributed by atoms with Crippen molar-refractivity contribution in [1.29, 1.82) is 0 Å². The zero-order chi connectivity index (χ0) is 16.2. The van der Waals surface area contributed by atoms with Gasteiger partial charge in [-0.05, 0) is 44.4 Å². The van der Waals surface area contributed by atoms with Gasteiger partial charge in [0.1, 0.15) is 5.75 Å². The first-order chi connectivity index (χ1) is 10.4. The van der Waals surface area contributed by atoms with Crippen molar-refractivity contribution < 1.29 is 9.53 Å². The van der Waals surface area contributed by atoms with Gasteiger partial charge in [0.2, 0.25) is 0 Å². The van der Waals surface area contributed by atoms with Gasteiger partial charge in [0, 0.05) is 16.2 Å². The lowest BCUT2D eigenvalue weighted by molar-refractivity contribution is -0.128. The van der Waals surface area contributed by atoms with Gasteiger partial charge in [0.25, 0.3) is 5.91 Å². The van der Waals surface area contributed by atoms with Gasteiger partial charge in [0.05, 0.1) is 5.69 Å². The molecule has 0 unspecified atom stereocenters. The molecular weight excluding hydrogens is 340 g/mol. The molecule has 0 aliphatic carbocycles. The minimum Gasteiger partial charge on any atom is -0.478 e. The van der Waals surface area contributed by atoms with E-state index in [9.17, 15) is 4.79 Å². The van der Waals surface area contributed by atoms with Crippen molar-refractivity contribution in [3.8, 4) is 5.75 Å². The molecule has 0 bridgehead atoms. The van der Waals surface area contributed by atoms with Crippen molar-refractivity contribution in [1.82, 2.24) is 4.98 Å². The van der Waals surface area contributed by atoms with E-state index in [2.05, 4.69) is 10.3 Å². The normalized spacial score (nSPS) is 11.3. The van der Waals surface area contributed by atoms with E-state index in [0.29, 0.717) is 15.9 Å². The molecule has 0 aliphatic heterocycles. The Morgan fingerprint density at radius 3 is 2.73 bits per heavy atom. The third-order valence-corrected chi connectivity index (χ3v) is 4.44. The second-order valence-electron chi connectivity index (χ2n) is 5.10. The summed E-state index contributed by atoms with van der Waals surface area (Å²) in [6.45, 7) is 3.43. The van der Waals surface area contributed by atoms with E-state index in [1.54, 1.807) is 49.9 Å². The molecule has 0 spiro atoms. The van der Waals surface area contributed by atoms with Crippen LogP contribution in [0.3, 0.4) is 0 Å². The summed E-state index contributed by atoms with van der Waals surface area (Å²) in [6.07, 6.45) is 2.01. The highest BCUT2D eigenvalue weighted by molar-refractivity contribution is 7.97. The van der Waals surface area contributed by atoms with Crippen molar-refractivity contribution in [2.75, 3.05) is 11.6 Å². The Morgan fingerprint density at radius 1 is 1.41 bits per heavy atom. The number of aromatic nitrogens is 1. The predicted molar refractivity (Wildman–Crippen MR) is 94.1 cm³/mol. The number of thiazole rings is 1. The summed E-state index contributed by atoms with van der Waals surface area (Å²) in [4.78, 5) is 16.7. The van der Waals surface area contributed by atoms with Crippen LogP contribution in [0.25, 0.3) is 0 Å². The number of ether oxygens (including phenoxy) is 1. The van der Waals surface area contributed by atoms with Crippen LogP contribution in [0.4, 0.5) is 5.13 Å². The smallest absolute Gasteiger partial charge is 0.269 e. The zero-order valence-corrected chi connectivity index (χ0v) is 14.9. The number of hydrogen-bond donors (Lipinski definition) is 1. The van der Waals surface area contributed by atoms with Crippen molar-refractivity contribution in [2.24, 2.45) is 0 Å². The Bertz CT molecular complexity index is 641. The summed E-state index contributed by atoms with van der Waals surface area (Å²) in [6, 6.07) is 6.91. The average Bonchev–Trinajstić information content (AvgIpc) is 2.89. The molecular formula is C15H17ClN2O2S2. The van der Waals surface area contributed by atoms with Crippen LogP contribution in [-0.2, 0) is 10.5 Å². The molecule has 0 radical (unpaired) electrons. The Morgan fingerprint density at radius 2 is 2.09 bits per heavy atom. The maximum absolute atomic E-state index is 12.4. The van der Waals surface area contributed by atoms with Crippen LogP contribution in [0.5, 0.6) is 5.75 Å². The largest absolute Gasteiger partial charge is 0.478 e. The SMILES string of the molecule is CSCc1csc(NC(=O)C(C)(C)Oc2ccc(Cl)cc2)n1. The lowest BCUT2D eigenvalue weighted by Crippen LogP contribution is -2.42. The number of rotatable bonds is 6. The number of anilines is 1. The molecule has 118 valence electrons. The van der Waals surface area contributed by atoms with Crippen LogP contribution in [0.15, 0.2) is 29.6 Å². The molecule has 7 heteroatoms. The number of benzene rings is 1. The topological polar surface area (TPSA) is 51.2 Å². The molecule has 0 saturated carbocycles. The molecule has 2 rings (SSSR count). The van der Waals surface area contributed by atoms with Gasteiger partial charge in [-0.15, -0.1) is 11.3 Å².